The standard InChI is InChI=1S/C7H8O3/c1-3-4-6(8)5(2)7(9)10/h3-4H,2H2,1H3,(H,9,10). The summed E-state index contributed by atoms with van der Waals surface area (Å²) in [5.74, 6) is -1.84. The zero-order chi connectivity index (χ0) is 8.15. The Labute approximate surface area is 58.7 Å². The molecule has 54 valence electrons. The predicted octanol–water partition coefficient (Wildman–Crippen LogP) is 0.772. The molecule has 0 aromatic heterocycles. The zero-order valence-electron chi connectivity index (χ0n) is 5.63. The summed E-state index contributed by atoms with van der Waals surface area (Å²) in [4.78, 5) is 20.7. The Morgan fingerprint density at radius 1 is 1.50 bits per heavy atom. The van der Waals surface area contributed by atoms with Gasteiger partial charge in [0.1, 0.15) is 0 Å². The molecule has 0 amide bonds. The summed E-state index contributed by atoms with van der Waals surface area (Å²) in [5, 5.41) is 8.22. The first-order valence-corrected chi connectivity index (χ1v) is 2.68. The molecule has 0 unspecified atom stereocenters. The van der Waals surface area contributed by atoms with Crippen molar-refractivity contribution in [2.45, 2.75) is 6.92 Å². The van der Waals surface area contributed by atoms with Gasteiger partial charge in [0.2, 0.25) is 0 Å². The lowest BCUT2D eigenvalue weighted by Gasteiger charge is -1.90. The average Bonchev–Trinajstić information content (AvgIpc) is 1.87. The van der Waals surface area contributed by atoms with Crippen LogP contribution >= 0.6 is 0 Å². The molecule has 0 aliphatic heterocycles. The number of rotatable bonds is 3. The molecule has 0 aromatic carbocycles. The molecule has 0 aliphatic rings. The minimum atomic E-state index is -1.27. The van der Waals surface area contributed by atoms with Gasteiger partial charge in [-0.05, 0) is 13.0 Å². The fourth-order valence-electron chi connectivity index (χ4n) is 0.357. The zero-order valence-corrected chi connectivity index (χ0v) is 5.63. The van der Waals surface area contributed by atoms with Gasteiger partial charge in [-0.3, -0.25) is 4.79 Å². The lowest BCUT2D eigenvalue weighted by molar-refractivity contribution is -0.134. The summed E-state index contributed by atoms with van der Waals surface area (Å²) >= 11 is 0. The first kappa shape index (κ1) is 8.62. The van der Waals surface area contributed by atoms with Gasteiger partial charge < -0.3 is 5.11 Å². The van der Waals surface area contributed by atoms with Crippen molar-refractivity contribution in [3.8, 4) is 0 Å². The number of carboxylic acid groups (broad SMARTS) is 1. The molecule has 0 saturated carbocycles. The number of carboxylic acids is 1. The Hall–Kier alpha value is -1.38. The van der Waals surface area contributed by atoms with Gasteiger partial charge >= 0.3 is 5.97 Å². The Kier molecular flexibility index (Phi) is 3.11. The van der Waals surface area contributed by atoms with Crippen LogP contribution in [0.2, 0.25) is 0 Å². The number of ketones is 1. The van der Waals surface area contributed by atoms with Crippen LogP contribution in [0.15, 0.2) is 24.3 Å². The number of hydrogen-bond donors (Lipinski definition) is 1. The minimum Gasteiger partial charge on any atom is -0.478 e. The highest BCUT2D eigenvalue weighted by atomic mass is 16.4. The van der Waals surface area contributed by atoms with Gasteiger partial charge in [-0.25, -0.2) is 4.79 Å². The Bertz CT molecular complexity index is 201. The van der Waals surface area contributed by atoms with Gasteiger partial charge in [0.25, 0.3) is 0 Å². The van der Waals surface area contributed by atoms with Gasteiger partial charge in [0, 0.05) is 0 Å². The monoisotopic (exact) mass is 140 g/mol. The second-order valence-electron chi connectivity index (χ2n) is 1.65. The molecule has 0 rings (SSSR count). The van der Waals surface area contributed by atoms with E-state index >= 15 is 0 Å². The molecule has 0 atom stereocenters. The van der Waals surface area contributed by atoms with Crippen LogP contribution < -0.4 is 0 Å². The molecule has 3 heteroatoms. The maximum atomic E-state index is 10.6. The van der Waals surface area contributed by atoms with E-state index in [0.29, 0.717) is 0 Å². The minimum absolute atomic E-state index is 0.405. The van der Waals surface area contributed by atoms with E-state index in [0.717, 1.165) is 6.08 Å². The van der Waals surface area contributed by atoms with E-state index in [1.807, 2.05) is 0 Å². The first-order valence-electron chi connectivity index (χ1n) is 2.68. The molecule has 0 heterocycles. The summed E-state index contributed by atoms with van der Waals surface area (Å²) in [6, 6.07) is 0. The Morgan fingerprint density at radius 3 is 2.30 bits per heavy atom. The number of aliphatic carboxylic acids is 1. The summed E-state index contributed by atoms with van der Waals surface area (Å²) in [7, 11) is 0. The highest BCUT2D eigenvalue weighted by molar-refractivity contribution is 6.20. The first-order chi connectivity index (χ1) is 4.59. The molecule has 1 N–H and O–H groups in total. The summed E-state index contributed by atoms with van der Waals surface area (Å²) in [6.45, 7) is 4.70. The van der Waals surface area contributed by atoms with Crippen LogP contribution in [0, 0.1) is 0 Å². The largest absolute Gasteiger partial charge is 0.478 e. The van der Waals surface area contributed by atoms with Crippen molar-refractivity contribution in [2.24, 2.45) is 0 Å². The third-order valence-electron chi connectivity index (χ3n) is 0.874. The molecule has 0 saturated heterocycles. The van der Waals surface area contributed by atoms with Crippen LogP contribution in [0.5, 0.6) is 0 Å². The Balaban J connectivity index is 4.23. The van der Waals surface area contributed by atoms with Crippen LogP contribution in [-0.4, -0.2) is 16.9 Å². The average molecular weight is 140 g/mol. The van der Waals surface area contributed by atoms with Crippen molar-refractivity contribution >= 4 is 11.8 Å². The third-order valence-corrected chi connectivity index (χ3v) is 0.874. The SMILES string of the molecule is C=C(C(=O)O)C(=O)C=CC. The molecule has 0 spiro atoms. The van der Waals surface area contributed by atoms with Gasteiger partial charge in [-0.15, -0.1) is 0 Å². The van der Waals surface area contributed by atoms with Crippen LogP contribution in [0.3, 0.4) is 0 Å². The fourth-order valence-corrected chi connectivity index (χ4v) is 0.357. The van der Waals surface area contributed by atoms with Crippen molar-refractivity contribution in [2.75, 3.05) is 0 Å². The van der Waals surface area contributed by atoms with Gasteiger partial charge in [0.15, 0.2) is 5.78 Å². The molecule has 0 radical (unpaired) electrons. The van der Waals surface area contributed by atoms with Crippen molar-refractivity contribution in [1.29, 1.82) is 0 Å². The molecule has 0 aromatic rings. The van der Waals surface area contributed by atoms with E-state index in [1.54, 1.807) is 6.92 Å². The summed E-state index contributed by atoms with van der Waals surface area (Å²) < 4.78 is 0. The van der Waals surface area contributed by atoms with Crippen LogP contribution in [0.4, 0.5) is 0 Å². The number of carbonyl (C=O) groups is 2. The molecule has 0 aliphatic carbocycles. The molecular formula is C7H8O3. The van der Waals surface area contributed by atoms with Crippen LogP contribution in [0.25, 0.3) is 0 Å². The smallest absolute Gasteiger partial charge is 0.339 e. The van der Waals surface area contributed by atoms with Crippen molar-refractivity contribution in [3.63, 3.8) is 0 Å². The second kappa shape index (κ2) is 3.61. The van der Waals surface area contributed by atoms with E-state index in [4.69, 9.17) is 5.11 Å². The van der Waals surface area contributed by atoms with Gasteiger partial charge in [-0.1, -0.05) is 12.7 Å². The van der Waals surface area contributed by atoms with E-state index in [9.17, 15) is 9.59 Å². The van der Waals surface area contributed by atoms with Crippen molar-refractivity contribution in [1.82, 2.24) is 0 Å². The lowest BCUT2D eigenvalue weighted by Crippen LogP contribution is -2.07. The summed E-state index contributed by atoms with van der Waals surface area (Å²) in [6.07, 6.45) is 2.63. The van der Waals surface area contributed by atoms with Crippen LogP contribution in [0.1, 0.15) is 6.92 Å². The normalized spacial score (nSPS) is 9.70. The second-order valence-corrected chi connectivity index (χ2v) is 1.65. The van der Waals surface area contributed by atoms with Crippen molar-refractivity contribution < 1.29 is 14.7 Å². The summed E-state index contributed by atoms with van der Waals surface area (Å²) in [5.41, 5.74) is -0.405. The topological polar surface area (TPSA) is 54.4 Å². The van der Waals surface area contributed by atoms with Gasteiger partial charge in [-0.2, -0.15) is 0 Å². The predicted molar refractivity (Wildman–Crippen MR) is 36.6 cm³/mol. The molecule has 0 bridgehead atoms. The highest BCUT2D eigenvalue weighted by Gasteiger charge is 2.09. The molecular weight excluding hydrogens is 132 g/mol. The fraction of sp³-hybridized carbons (Fsp3) is 0.143. The van der Waals surface area contributed by atoms with Gasteiger partial charge in [0.05, 0.1) is 5.57 Å². The number of carbonyl (C=O) groups excluding carboxylic acids is 1. The van der Waals surface area contributed by atoms with E-state index in [1.165, 1.54) is 6.08 Å². The number of allylic oxidation sites excluding steroid dienone is 2. The molecule has 3 nitrogen and oxygen atoms in total. The lowest BCUT2D eigenvalue weighted by atomic mass is 10.2. The van der Waals surface area contributed by atoms with Crippen molar-refractivity contribution in [3.05, 3.63) is 24.3 Å². The maximum Gasteiger partial charge on any atom is 0.339 e. The quantitative estimate of drug-likeness (QED) is 0.358. The molecule has 10 heavy (non-hydrogen) atoms. The number of hydrogen-bond acceptors (Lipinski definition) is 2. The maximum absolute atomic E-state index is 10.6. The van der Waals surface area contributed by atoms with E-state index in [2.05, 4.69) is 6.58 Å². The van der Waals surface area contributed by atoms with Crippen LogP contribution in [-0.2, 0) is 9.59 Å². The highest BCUT2D eigenvalue weighted by Crippen LogP contribution is 1.93. The Morgan fingerprint density at radius 2 is 2.00 bits per heavy atom. The van der Waals surface area contributed by atoms with E-state index in [-0.39, 0.29) is 0 Å². The third kappa shape index (κ3) is 2.26. The van der Waals surface area contributed by atoms with E-state index < -0.39 is 17.3 Å². The molecule has 0 fully saturated rings.